The number of hydrogen-bond acceptors (Lipinski definition) is 4. The van der Waals surface area contributed by atoms with Crippen LogP contribution < -0.4 is 4.72 Å². The Kier molecular flexibility index (Phi) is 3.16. The van der Waals surface area contributed by atoms with Gasteiger partial charge in [-0.05, 0) is 12.1 Å². The third-order valence-electron chi connectivity index (χ3n) is 1.92. The van der Waals surface area contributed by atoms with Crippen molar-refractivity contribution < 1.29 is 8.42 Å². The van der Waals surface area contributed by atoms with Crippen molar-refractivity contribution in [3.8, 4) is 0 Å². The van der Waals surface area contributed by atoms with E-state index in [1.165, 1.54) is 18.7 Å². The predicted octanol–water partition coefficient (Wildman–Crippen LogP) is 1.38. The molecule has 0 radical (unpaired) electrons. The first-order valence-corrected chi connectivity index (χ1v) is 6.87. The fourth-order valence-corrected chi connectivity index (χ4v) is 2.50. The molecular weight excluding hydrogens is 308 g/mol. The second-order valence-corrected chi connectivity index (χ2v) is 5.89. The Labute approximate surface area is 107 Å². The predicted molar refractivity (Wildman–Crippen MR) is 66.0 cm³/mol. The van der Waals surface area contributed by atoms with Gasteiger partial charge in [0.1, 0.15) is 5.82 Å². The molecule has 0 saturated carbocycles. The summed E-state index contributed by atoms with van der Waals surface area (Å²) in [6, 6.07) is 3.28. The van der Waals surface area contributed by atoms with Crippen LogP contribution in [0.15, 0.2) is 40.4 Å². The quantitative estimate of drug-likeness (QED) is 0.928. The van der Waals surface area contributed by atoms with Gasteiger partial charge < -0.3 is 4.57 Å². The summed E-state index contributed by atoms with van der Waals surface area (Å²) in [5.41, 5.74) is 0. The van der Waals surface area contributed by atoms with Crippen LogP contribution >= 0.6 is 15.9 Å². The second-order valence-electron chi connectivity index (χ2n) is 3.34. The lowest BCUT2D eigenvalue weighted by molar-refractivity contribution is 0.598. The summed E-state index contributed by atoms with van der Waals surface area (Å²) in [6.07, 6.45) is 4.34. The van der Waals surface area contributed by atoms with Gasteiger partial charge in [0.15, 0.2) is 5.03 Å². The van der Waals surface area contributed by atoms with Crippen molar-refractivity contribution in [2.45, 2.75) is 5.03 Å². The topological polar surface area (TPSA) is 76.9 Å². The molecule has 0 aromatic carbocycles. The number of sulfonamides is 1. The maximum absolute atomic E-state index is 11.9. The van der Waals surface area contributed by atoms with Gasteiger partial charge in [-0.3, -0.25) is 4.72 Å². The molecule has 0 aliphatic heterocycles. The summed E-state index contributed by atoms with van der Waals surface area (Å²) < 4.78 is 28.4. The van der Waals surface area contributed by atoms with Gasteiger partial charge in [0.25, 0.3) is 10.0 Å². The minimum atomic E-state index is -3.67. The molecule has 0 fully saturated rings. The van der Waals surface area contributed by atoms with E-state index in [9.17, 15) is 8.42 Å². The van der Waals surface area contributed by atoms with Crippen LogP contribution in [-0.2, 0) is 17.1 Å². The molecule has 0 aliphatic rings. The van der Waals surface area contributed by atoms with E-state index in [1.807, 2.05) is 0 Å². The maximum Gasteiger partial charge on any atom is 0.282 e. The molecule has 0 spiro atoms. The molecule has 0 atom stereocenters. The number of pyridine rings is 1. The molecule has 0 aliphatic carbocycles. The van der Waals surface area contributed by atoms with E-state index in [1.54, 1.807) is 23.7 Å². The maximum atomic E-state index is 11.9. The zero-order valence-electron chi connectivity index (χ0n) is 8.83. The molecule has 6 nitrogen and oxygen atoms in total. The minimum Gasteiger partial charge on any atom is -0.339 e. The monoisotopic (exact) mass is 316 g/mol. The fraction of sp³-hybridized carbons (Fsp3) is 0.111. The van der Waals surface area contributed by atoms with Gasteiger partial charge in [-0.15, -0.1) is 0 Å². The Morgan fingerprint density at radius 1 is 1.41 bits per heavy atom. The van der Waals surface area contributed by atoms with Gasteiger partial charge in [-0.1, -0.05) is 15.9 Å². The van der Waals surface area contributed by atoms with Crippen LogP contribution in [0.1, 0.15) is 0 Å². The molecule has 2 rings (SSSR count). The highest BCUT2D eigenvalue weighted by molar-refractivity contribution is 9.10. The van der Waals surface area contributed by atoms with Crippen molar-refractivity contribution in [2.75, 3.05) is 4.72 Å². The van der Waals surface area contributed by atoms with Crippen molar-refractivity contribution >= 4 is 31.8 Å². The van der Waals surface area contributed by atoms with Crippen LogP contribution in [0.4, 0.5) is 5.82 Å². The van der Waals surface area contributed by atoms with E-state index in [0.29, 0.717) is 0 Å². The molecule has 0 amide bonds. The van der Waals surface area contributed by atoms with Gasteiger partial charge in [0.2, 0.25) is 0 Å². The lowest BCUT2D eigenvalue weighted by Crippen LogP contribution is -2.14. The number of hydrogen-bond donors (Lipinski definition) is 1. The molecule has 90 valence electrons. The average molecular weight is 317 g/mol. The van der Waals surface area contributed by atoms with Crippen molar-refractivity contribution in [1.29, 1.82) is 0 Å². The van der Waals surface area contributed by atoms with Crippen LogP contribution in [0, 0.1) is 0 Å². The number of nitrogens with zero attached hydrogens (tertiary/aromatic N) is 3. The van der Waals surface area contributed by atoms with Crippen molar-refractivity contribution in [1.82, 2.24) is 14.5 Å². The molecule has 0 saturated heterocycles. The first-order valence-electron chi connectivity index (χ1n) is 4.60. The molecule has 1 N–H and O–H groups in total. The Balaban J connectivity index is 2.29. The molecule has 2 aromatic heterocycles. The highest BCUT2D eigenvalue weighted by atomic mass is 79.9. The highest BCUT2D eigenvalue weighted by Crippen LogP contribution is 2.16. The first kappa shape index (κ1) is 12.1. The normalized spacial score (nSPS) is 11.4. The number of aryl methyl sites for hydroxylation is 1. The summed E-state index contributed by atoms with van der Waals surface area (Å²) in [7, 11) is -1.98. The lowest BCUT2D eigenvalue weighted by Gasteiger charge is -2.04. The van der Waals surface area contributed by atoms with E-state index < -0.39 is 10.0 Å². The highest BCUT2D eigenvalue weighted by Gasteiger charge is 2.17. The third-order valence-corrected chi connectivity index (χ3v) is 3.65. The van der Waals surface area contributed by atoms with Crippen molar-refractivity contribution in [3.63, 3.8) is 0 Å². The minimum absolute atomic E-state index is 0.0400. The largest absolute Gasteiger partial charge is 0.339 e. The van der Waals surface area contributed by atoms with E-state index in [4.69, 9.17) is 0 Å². The Morgan fingerprint density at radius 3 is 2.76 bits per heavy atom. The van der Waals surface area contributed by atoms with Gasteiger partial charge in [0, 0.05) is 23.9 Å². The summed E-state index contributed by atoms with van der Waals surface area (Å²) in [5, 5.41) is -0.0400. The van der Waals surface area contributed by atoms with Crippen molar-refractivity contribution in [3.05, 3.63) is 35.3 Å². The molecule has 17 heavy (non-hydrogen) atoms. The zero-order valence-corrected chi connectivity index (χ0v) is 11.2. The Bertz CT molecular complexity index is 638. The number of anilines is 1. The van der Waals surface area contributed by atoms with Gasteiger partial charge >= 0.3 is 0 Å². The fourth-order valence-electron chi connectivity index (χ4n) is 1.18. The second kappa shape index (κ2) is 4.46. The van der Waals surface area contributed by atoms with Crippen LogP contribution in [0.2, 0.25) is 0 Å². The summed E-state index contributed by atoms with van der Waals surface area (Å²) in [6.45, 7) is 0. The van der Waals surface area contributed by atoms with Gasteiger partial charge in [-0.25, -0.2) is 9.97 Å². The smallest absolute Gasteiger partial charge is 0.282 e. The summed E-state index contributed by atoms with van der Waals surface area (Å²) in [5.74, 6) is 0.241. The summed E-state index contributed by atoms with van der Waals surface area (Å²) in [4.78, 5) is 7.68. The number of rotatable bonds is 3. The Hall–Kier alpha value is -1.41. The van der Waals surface area contributed by atoms with E-state index in [-0.39, 0.29) is 10.8 Å². The molecule has 2 aromatic rings. The van der Waals surface area contributed by atoms with Crippen molar-refractivity contribution in [2.24, 2.45) is 7.05 Å². The Morgan fingerprint density at radius 2 is 2.18 bits per heavy atom. The summed E-state index contributed by atoms with van der Waals surface area (Å²) >= 11 is 3.24. The van der Waals surface area contributed by atoms with E-state index in [0.717, 1.165) is 4.47 Å². The van der Waals surface area contributed by atoms with Gasteiger partial charge in [-0.2, -0.15) is 8.42 Å². The SMILES string of the molecule is Cn1cnc(S(=O)(=O)Nc2cc(Br)ccn2)c1. The lowest BCUT2D eigenvalue weighted by atomic mass is 10.5. The van der Waals surface area contributed by atoms with Crippen LogP contribution in [0.3, 0.4) is 0 Å². The average Bonchev–Trinajstić information content (AvgIpc) is 2.65. The zero-order chi connectivity index (χ0) is 12.5. The number of imidazole rings is 1. The number of nitrogens with one attached hydrogen (secondary N) is 1. The van der Waals surface area contributed by atoms with Gasteiger partial charge in [0.05, 0.1) is 6.33 Å². The molecule has 0 unspecified atom stereocenters. The molecular formula is C9H9BrN4O2S. The first-order chi connectivity index (χ1) is 7.97. The van der Waals surface area contributed by atoms with Crippen LogP contribution in [-0.4, -0.2) is 23.0 Å². The number of aromatic nitrogens is 3. The third kappa shape index (κ3) is 2.83. The molecule has 0 bridgehead atoms. The van der Waals surface area contributed by atoms with E-state index in [2.05, 4.69) is 30.6 Å². The number of halogens is 1. The van der Waals surface area contributed by atoms with E-state index >= 15 is 0 Å². The molecule has 8 heteroatoms. The van der Waals surface area contributed by atoms with Crippen LogP contribution in [0.5, 0.6) is 0 Å². The standard InChI is InChI=1S/C9H9BrN4O2S/c1-14-5-9(12-6-14)17(15,16)13-8-4-7(10)2-3-11-8/h2-6H,1H3,(H,11,13). The van der Waals surface area contributed by atoms with Crippen LogP contribution in [0.25, 0.3) is 0 Å². The molecule has 2 heterocycles.